The molecule has 0 radical (unpaired) electrons. The second-order valence-corrected chi connectivity index (χ2v) is 9.31. The number of piperidine rings is 1. The molecule has 0 N–H and O–H groups in total. The minimum atomic E-state index is -4.71. The first-order valence-corrected chi connectivity index (χ1v) is 11.6. The number of halogens is 3. The third-order valence-electron chi connectivity index (χ3n) is 6.99. The van der Waals surface area contributed by atoms with E-state index in [4.69, 9.17) is 0 Å². The lowest BCUT2D eigenvalue weighted by atomic mass is 9.94. The molecule has 0 aliphatic carbocycles. The van der Waals surface area contributed by atoms with E-state index in [1.165, 1.54) is 31.5 Å². The van der Waals surface area contributed by atoms with E-state index in [9.17, 15) is 18.0 Å². The van der Waals surface area contributed by atoms with Gasteiger partial charge in [0, 0.05) is 30.7 Å². The largest absolute Gasteiger partial charge is 0.573 e. The van der Waals surface area contributed by atoms with Crippen LogP contribution < -0.4 is 4.74 Å². The molecule has 1 amide bonds. The first kappa shape index (κ1) is 23.6. The average molecular weight is 461 g/mol. The summed E-state index contributed by atoms with van der Waals surface area (Å²) in [5.74, 6) is -0.184. The Morgan fingerprint density at radius 2 is 1.55 bits per heavy atom. The van der Waals surface area contributed by atoms with Gasteiger partial charge in [-0.05, 0) is 87.4 Å². The lowest BCUT2D eigenvalue weighted by Gasteiger charge is -2.39. The van der Waals surface area contributed by atoms with Crippen molar-refractivity contribution in [2.75, 3.05) is 19.6 Å². The Balaban J connectivity index is 1.45. The number of ether oxygens (including phenoxy) is 1. The molecule has 2 saturated heterocycles. The molecule has 2 heterocycles. The molecule has 4 rings (SSSR count). The van der Waals surface area contributed by atoms with Crippen LogP contribution in [-0.4, -0.2) is 53.8 Å². The highest BCUT2D eigenvalue weighted by atomic mass is 19.4. The summed E-state index contributed by atoms with van der Waals surface area (Å²) in [7, 11) is 0. The van der Waals surface area contributed by atoms with Gasteiger partial charge >= 0.3 is 6.36 Å². The van der Waals surface area contributed by atoms with Crippen LogP contribution >= 0.6 is 0 Å². The van der Waals surface area contributed by atoms with Crippen molar-refractivity contribution in [3.63, 3.8) is 0 Å². The number of likely N-dealkylation sites (tertiary alicyclic amines) is 2. The minimum absolute atomic E-state index is 0.0680. The number of nitrogens with zero attached hydrogens (tertiary/aromatic N) is 2. The van der Waals surface area contributed by atoms with E-state index in [2.05, 4.69) is 16.6 Å². The molecule has 0 bridgehead atoms. The quantitative estimate of drug-likeness (QED) is 0.565. The molecule has 1 unspecified atom stereocenters. The second-order valence-electron chi connectivity index (χ2n) is 9.31. The highest BCUT2D eigenvalue weighted by molar-refractivity contribution is 5.98. The predicted molar refractivity (Wildman–Crippen MR) is 122 cm³/mol. The van der Waals surface area contributed by atoms with E-state index in [1.807, 2.05) is 30.9 Å². The average Bonchev–Trinajstić information content (AvgIpc) is 3.18. The van der Waals surface area contributed by atoms with Crippen LogP contribution in [-0.2, 0) is 0 Å². The van der Waals surface area contributed by atoms with E-state index >= 15 is 0 Å². The summed E-state index contributed by atoms with van der Waals surface area (Å²) in [6.45, 7) is 8.85. The van der Waals surface area contributed by atoms with Crippen LogP contribution in [0.4, 0.5) is 13.2 Å². The molecular formula is C26H31F3N2O2. The number of benzene rings is 2. The highest BCUT2D eigenvalue weighted by Crippen LogP contribution is 2.31. The van der Waals surface area contributed by atoms with Gasteiger partial charge in [-0.2, -0.15) is 0 Å². The predicted octanol–water partition coefficient (Wildman–Crippen LogP) is 5.96. The molecule has 4 nitrogen and oxygen atoms in total. The van der Waals surface area contributed by atoms with Gasteiger partial charge in [-0.1, -0.05) is 24.3 Å². The van der Waals surface area contributed by atoms with Gasteiger partial charge in [0.15, 0.2) is 0 Å². The van der Waals surface area contributed by atoms with E-state index in [-0.39, 0.29) is 11.7 Å². The van der Waals surface area contributed by atoms with Gasteiger partial charge in [0.05, 0.1) is 0 Å². The molecular weight excluding hydrogens is 429 g/mol. The maximum absolute atomic E-state index is 13.3. The number of hydrogen-bond donors (Lipinski definition) is 0. The van der Waals surface area contributed by atoms with Gasteiger partial charge in [0.2, 0.25) is 0 Å². The number of aryl methyl sites for hydroxylation is 2. The zero-order valence-corrected chi connectivity index (χ0v) is 19.4. The van der Waals surface area contributed by atoms with Crippen molar-refractivity contribution < 1.29 is 22.7 Å². The molecule has 2 aliphatic rings. The third-order valence-corrected chi connectivity index (χ3v) is 6.99. The molecule has 2 aromatic carbocycles. The van der Waals surface area contributed by atoms with Gasteiger partial charge in [-0.3, -0.25) is 9.69 Å². The zero-order valence-electron chi connectivity index (χ0n) is 19.4. The molecule has 33 heavy (non-hydrogen) atoms. The molecule has 0 spiro atoms. The summed E-state index contributed by atoms with van der Waals surface area (Å²) in [6, 6.07) is 10.9. The SMILES string of the molecule is Cc1cc(-c2ccc(OC(F)(F)F)cc2)cc(C)c1C(=O)N1CCC(N2CCCC2C)CC1. The smallest absolute Gasteiger partial charge is 0.406 e. The second kappa shape index (κ2) is 9.37. The topological polar surface area (TPSA) is 32.8 Å². The third kappa shape index (κ3) is 5.35. The lowest BCUT2D eigenvalue weighted by Crippen LogP contribution is -2.47. The number of alkyl halides is 3. The van der Waals surface area contributed by atoms with E-state index < -0.39 is 6.36 Å². The Hall–Kier alpha value is -2.54. The van der Waals surface area contributed by atoms with Crippen LogP contribution in [0.1, 0.15) is 54.1 Å². The molecule has 2 aromatic rings. The minimum Gasteiger partial charge on any atom is -0.406 e. The molecule has 2 aliphatic heterocycles. The number of hydrogen-bond acceptors (Lipinski definition) is 3. The summed E-state index contributed by atoms with van der Waals surface area (Å²) in [4.78, 5) is 17.9. The molecule has 0 aromatic heterocycles. The van der Waals surface area contributed by atoms with E-state index in [1.54, 1.807) is 12.1 Å². The van der Waals surface area contributed by atoms with Crippen LogP contribution in [0.15, 0.2) is 36.4 Å². The van der Waals surface area contributed by atoms with Crippen LogP contribution in [0.5, 0.6) is 5.75 Å². The number of carbonyl (C=O) groups excluding carboxylic acids is 1. The van der Waals surface area contributed by atoms with Crippen LogP contribution in [0.3, 0.4) is 0 Å². The fraction of sp³-hybridized carbons (Fsp3) is 0.500. The van der Waals surface area contributed by atoms with Crippen molar-refractivity contribution in [2.45, 2.75) is 64.9 Å². The summed E-state index contributed by atoms with van der Waals surface area (Å²) in [6.07, 6.45) is -0.153. The number of carbonyl (C=O) groups is 1. The monoisotopic (exact) mass is 460 g/mol. The maximum Gasteiger partial charge on any atom is 0.573 e. The van der Waals surface area contributed by atoms with Gasteiger partial charge in [-0.25, -0.2) is 0 Å². The Morgan fingerprint density at radius 1 is 0.939 bits per heavy atom. The van der Waals surface area contributed by atoms with Crippen molar-refractivity contribution in [1.29, 1.82) is 0 Å². The van der Waals surface area contributed by atoms with Crippen molar-refractivity contribution >= 4 is 5.91 Å². The first-order valence-electron chi connectivity index (χ1n) is 11.6. The summed E-state index contributed by atoms with van der Waals surface area (Å²) < 4.78 is 41.2. The summed E-state index contributed by atoms with van der Waals surface area (Å²) in [5.41, 5.74) is 4.11. The summed E-state index contributed by atoms with van der Waals surface area (Å²) >= 11 is 0. The Bertz CT molecular complexity index is 973. The molecule has 0 saturated carbocycles. The molecule has 2 fully saturated rings. The van der Waals surface area contributed by atoms with Crippen molar-refractivity contribution in [3.05, 3.63) is 53.1 Å². The number of amides is 1. The molecule has 1 atom stereocenters. The van der Waals surface area contributed by atoms with Crippen molar-refractivity contribution in [1.82, 2.24) is 9.80 Å². The van der Waals surface area contributed by atoms with Gasteiger partial charge in [0.25, 0.3) is 5.91 Å². The van der Waals surface area contributed by atoms with Crippen LogP contribution in [0, 0.1) is 13.8 Å². The Morgan fingerprint density at radius 3 is 2.06 bits per heavy atom. The van der Waals surface area contributed by atoms with Gasteiger partial charge < -0.3 is 9.64 Å². The van der Waals surface area contributed by atoms with Gasteiger partial charge in [0.1, 0.15) is 5.75 Å². The molecule has 7 heteroatoms. The van der Waals surface area contributed by atoms with Crippen molar-refractivity contribution in [3.8, 4) is 16.9 Å². The zero-order chi connectivity index (χ0) is 23.8. The molecule has 178 valence electrons. The summed E-state index contributed by atoms with van der Waals surface area (Å²) in [5, 5.41) is 0. The fourth-order valence-corrected chi connectivity index (χ4v) is 5.37. The fourth-order valence-electron chi connectivity index (χ4n) is 5.37. The van der Waals surface area contributed by atoms with Gasteiger partial charge in [-0.15, -0.1) is 13.2 Å². The van der Waals surface area contributed by atoms with Crippen LogP contribution in [0.25, 0.3) is 11.1 Å². The van der Waals surface area contributed by atoms with E-state index in [0.717, 1.165) is 53.7 Å². The van der Waals surface area contributed by atoms with E-state index in [0.29, 0.717) is 12.1 Å². The normalized spacial score (nSPS) is 20.3. The van der Waals surface area contributed by atoms with Crippen molar-refractivity contribution in [2.24, 2.45) is 0 Å². The highest BCUT2D eigenvalue weighted by Gasteiger charge is 2.33. The number of rotatable bonds is 4. The maximum atomic E-state index is 13.3. The standard InChI is InChI=1S/C26H31F3N2O2/c1-17-15-21(20-6-8-23(9-7-20)33-26(27,28)29)16-18(2)24(17)25(32)30-13-10-22(11-14-30)31-12-4-5-19(31)3/h6-9,15-16,19,22H,4-5,10-14H2,1-3H3. The Kier molecular flexibility index (Phi) is 6.71. The Labute approximate surface area is 193 Å². The lowest BCUT2D eigenvalue weighted by molar-refractivity contribution is -0.274. The van der Waals surface area contributed by atoms with Crippen LogP contribution in [0.2, 0.25) is 0 Å². The first-order chi connectivity index (χ1) is 15.6.